The number of fused-ring (bicyclic) bond motifs is 1. The molecule has 8 heteroatoms. The first kappa shape index (κ1) is 16.4. The molecule has 1 fully saturated rings. The molecule has 24 heavy (non-hydrogen) atoms. The van der Waals surface area contributed by atoms with Crippen LogP contribution in [0.2, 0.25) is 0 Å². The maximum atomic E-state index is 12.1. The van der Waals surface area contributed by atoms with Gasteiger partial charge in [-0.15, -0.1) is 0 Å². The lowest BCUT2D eigenvalue weighted by Crippen LogP contribution is -2.53. The molecule has 128 valence electrons. The van der Waals surface area contributed by atoms with Crippen LogP contribution in [0.4, 0.5) is 11.6 Å². The van der Waals surface area contributed by atoms with Gasteiger partial charge in [0.05, 0.1) is 6.04 Å². The molecule has 0 unspecified atom stereocenters. The number of ketones is 1. The molecule has 0 spiro atoms. The van der Waals surface area contributed by atoms with Crippen molar-refractivity contribution >= 4 is 29.2 Å². The highest BCUT2D eigenvalue weighted by Gasteiger charge is 2.37. The molecule has 1 aromatic rings. The topological polar surface area (TPSA) is 95.5 Å². The maximum absolute atomic E-state index is 12.1. The van der Waals surface area contributed by atoms with Gasteiger partial charge >= 0.3 is 0 Å². The van der Waals surface area contributed by atoms with Gasteiger partial charge in [0.15, 0.2) is 0 Å². The zero-order valence-corrected chi connectivity index (χ0v) is 14.1. The molecule has 0 bridgehead atoms. The Morgan fingerprint density at radius 1 is 1.42 bits per heavy atom. The van der Waals surface area contributed by atoms with E-state index in [1.165, 1.54) is 6.33 Å². The van der Waals surface area contributed by atoms with Gasteiger partial charge in [0, 0.05) is 26.6 Å². The summed E-state index contributed by atoms with van der Waals surface area (Å²) in [7, 11) is 1.85. The number of hydrogen-bond donors (Lipinski definition) is 1. The minimum absolute atomic E-state index is 0.0248. The standard InChI is InChI=1S/C16H21N5O3/c1-4-11(22)21-6-5-9(2)10(7-21)20(3)15-12-13(23)16(24)19-14(12)17-8-18-15/h8-10H,4-7H2,1-3H3,(H,17,18,19,23,24)/t9-,10+/m1/s1. The third kappa shape index (κ3) is 2.61. The van der Waals surface area contributed by atoms with Gasteiger partial charge in [-0.2, -0.15) is 0 Å². The minimum atomic E-state index is -0.681. The Kier molecular flexibility index (Phi) is 4.21. The van der Waals surface area contributed by atoms with Gasteiger partial charge in [-0.05, 0) is 12.3 Å². The number of piperidine rings is 1. The highest BCUT2D eigenvalue weighted by molar-refractivity contribution is 6.52. The first-order valence-electron chi connectivity index (χ1n) is 8.15. The quantitative estimate of drug-likeness (QED) is 0.819. The largest absolute Gasteiger partial charge is 0.354 e. The molecule has 2 aliphatic heterocycles. The number of nitrogens with zero attached hydrogens (tertiary/aromatic N) is 4. The number of likely N-dealkylation sites (tertiary alicyclic amines) is 1. The number of hydrogen-bond acceptors (Lipinski definition) is 6. The molecule has 0 aliphatic carbocycles. The van der Waals surface area contributed by atoms with Crippen LogP contribution in [0.5, 0.6) is 0 Å². The average Bonchev–Trinajstić information content (AvgIpc) is 2.88. The number of carbonyl (C=O) groups is 3. The zero-order valence-electron chi connectivity index (χ0n) is 14.1. The van der Waals surface area contributed by atoms with E-state index in [2.05, 4.69) is 22.2 Å². The predicted octanol–water partition coefficient (Wildman–Crippen LogP) is 0.695. The maximum Gasteiger partial charge on any atom is 0.298 e. The third-order valence-corrected chi connectivity index (χ3v) is 4.90. The van der Waals surface area contributed by atoms with Gasteiger partial charge in [0.2, 0.25) is 5.91 Å². The van der Waals surface area contributed by atoms with Crippen LogP contribution in [0, 0.1) is 5.92 Å². The number of nitrogens with one attached hydrogen (secondary N) is 1. The fourth-order valence-electron chi connectivity index (χ4n) is 3.39. The lowest BCUT2D eigenvalue weighted by Gasteiger charge is -2.42. The summed E-state index contributed by atoms with van der Waals surface area (Å²) in [6.45, 7) is 5.31. The Morgan fingerprint density at radius 3 is 2.88 bits per heavy atom. The van der Waals surface area contributed by atoms with E-state index < -0.39 is 11.7 Å². The molecule has 2 amide bonds. The monoisotopic (exact) mass is 331 g/mol. The highest BCUT2D eigenvalue weighted by Crippen LogP contribution is 2.32. The Morgan fingerprint density at radius 2 is 2.17 bits per heavy atom. The number of rotatable bonds is 3. The molecular weight excluding hydrogens is 310 g/mol. The molecule has 1 aromatic heterocycles. The number of amides is 2. The average molecular weight is 331 g/mol. The normalized spacial score (nSPS) is 23.0. The summed E-state index contributed by atoms with van der Waals surface area (Å²) in [5.74, 6) is -0.141. The molecule has 3 rings (SSSR count). The molecule has 0 radical (unpaired) electrons. The van der Waals surface area contributed by atoms with E-state index in [0.717, 1.165) is 13.0 Å². The number of anilines is 2. The van der Waals surface area contributed by atoms with E-state index in [9.17, 15) is 14.4 Å². The molecule has 8 nitrogen and oxygen atoms in total. The molecule has 1 saturated heterocycles. The zero-order chi connectivity index (χ0) is 17.4. The van der Waals surface area contributed by atoms with E-state index in [4.69, 9.17) is 0 Å². The van der Waals surface area contributed by atoms with Gasteiger partial charge in [0.1, 0.15) is 23.5 Å². The smallest absolute Gasteiger partial charge is 0.298 e. The fourth-order valence-corrected chi connectivity index (χ4v) is 3.39. The van der Waals surface area contributed by atoms with Gasteiger partial charge in [0.25, 0.3) is 11.7 Å². The van der Waals surface area contributed by atoms with Gasteiger partial charge in [-0.3, -0.25) is 14.4 Å². The molecule has 0 saturated carbocycles. The van der Waals surface area contributed by atoms with Gasteiger partial charge in [-0.25, -0.2) is 9.97 Å². The van der Waals surface area contributed by atoms with Crippen LogP contribution < -0.4 is 10.2 Å². The van der Waals surface area contributed by atoms with Crippen molar-refractivity contribution in [3.8, 4) is 0 Å². The van der Waals surface area contributed by atoms with E-state index >= 15 is 0 Å². The van der Waals surface area contributed by atoms with Crippen molar-refractivity contribution in [3.05, 3.63) is 11.9 Å². The SMILES string of the molecule is CCC(=O)N1CC[C@@H](C)[C@@H](N(C)c2ncnc3c2C(=O)C(=O)N3)C1. The first-order chi connectivity index (χ1) is 11.4. The predicted molar refractivity (Wildman–Crippen MR) is 87.8 cm³/mol. The number of carbonyl (C=O) groups excluding carboxylic acids is 3. The second kappa shape index (κ2) is 6.18. The minimum Gasteiger partial charge on any atom is -0.354 e. The summed E-state index contributed by atoms with van der Waals surface area (Å²) < 4.78 is 0. The highest BCUT2D eigenvalue weighted by atomic mass is 16.2. The summed E-state index contributed by atoms with van der Waals surface area (Å²) in [5.41, 5.74) is 0.219. The Balaban J connectivity index is 1.90. The summed E-state index contributed by atoms with van der Waals surface area (Å²) in [6, 6.07) is 0.0248. The lowest BCUT2D eigenvalue weighted by atomic mass is 9.92. The van der Waals surface area contributed by atoms with E-state index in [1.807, 2.05) is 23.8 Å². The van der Waals surface area contributed by atoms with Crippen LogP contribution in [0.25, 0.3) is 0 Å². The summed E-state index contributed by atoms with van der Waals surface area (Å²) >= 11 is 0. The van der Waals surface area contributed by atoms with Crippen molar-refractivity contribution in [1.82, 2.24) is 14.9 Å². The van der Waals surface area contributed by atoms with Crippen LogP contribution in [0.15, 0.2) is 6.33 Å². The van der Waals surface area contributed by atoms with Crippen molar-refractivity contribution in [2.45, 2.75) is 32.7 Å². The Bertz CT molecular complexity index is 705. The van der Waals surface area contributed by atoms with Crippen molar-refractivity contribution in [1.29, 1.82) is 0 Å². The number of likely N-dealkylation sites (N-methyl/N-ethyl adjacent to an activating group) is 1. The molecule has 0 aromatic carbocycles. The van der Waals surface area contributed by atoms with Crippen molar-refractivity contribution in [2.24, 2.45) is 5.92 Å². The Labute approximate surface area is 140 Å². The van der Waals surface area contributed by atoms with Gasteiger partial charge in [-0.1, -0.05) is 13.8 Å². The van der Waals surface area contributed by atoms with Crippen LogP contribution in [0.1, 0.15) is 37.0 Å². The molecule has 2 aliphatic rings. The van der Waals surface area contributed by atoms with Crippen molar-refractivity contribution in [2.75, 3.05) is 30.4 Å². The van der Waals surface area contributed by atoms with Crippen LogP contribution in [0.3, 0.4) is 0 Å². The van der Waals surface area contributed by atoms with E-state index in [1.54, 1.807) is 0 Å². The number of aromatic nitrogens is 2. The van der Waals surface area contributed by atoms with Crippen LogP contribution >= 0.6 is 0 Å². The first-order valence-corrected chi connectivity index (χ1v) is 8.15. The number of Topliss-reactive ketones (excluding diaryl/α,β-unsaturated/α-hetero) is 1. The molecule has 1 N–H and O–H groups in total. The van der Waals surface area contributed by atoms with Crippen LogP contribution in [-0.4, -0.2) is 58.6 Å². The van der Waals surface area contributed by atoms with Crippen molar-refractivity contribution < 1.29 is 14.4 Å². The molecular formula is C16H21N5O3. The van der Waals surface area contributed by atoms with E-state index in [0.29, 0.717) is 24.7 Å². The summed E-state index contributed by atoms with van der Waals surface area (Å²) in [5, 5.41) is 2.46. The fraction of sp³-hybridized carbons (Fsp3) is 0.562. The summed E-state index contributed by atoms with van der Waals surface area (Å²) in [4.78, 5) is 47.7. The van der Waals surface area contributed by atoms with Crippen molar-refractivity contribution in [3.63, 3.8) is 0 Å². The van der Waals surface area contributed by atoms with Gasteiger partial charge < -0.3 is 15.1 Å². The molecule has 2 atom stereocenters. The third-order valence-electron chi connectivity index (χ3n) is 4.90. The lowest BCUT2D eigenvalue weighted by molar-refractivity contribution is -0.132. The second-order valence-electron chi connectivity index (χ2n) is 6.34. The molecule has 3 heterocycles. The van der Waals surface area contributed by atoms with Crippen LogP contribution in [-0.2, 0) is 9.59 Å². The Hall–Kier alpha value is -2.51. The van der Waals surface area contributed by atoms with E-state index in [-0.39, 0.29) is 23.3 Å². The second-order valence-corrected chi connectivity index (χ2v) is 6.34. The summed E-state index contributed by atoms with van der Waals surface area (Å²) in [6.07, 6.45) is 2.70.